The minimum absolute atomic E-state index is 0.422. The van der Waals surface area contributed by atoms with Gasteiger partial charge < -0.3 is 9.64 Å². The van der Waals surface area contributed by atoms with Crippen molar-refractivity contribution in [1.82, 2.24) is 14.7 Å². The fourth-order valence-corrected chi connectivity index (χ4v) is 3.47. The summed E-state index contributed by atoms with van der Waals surface area (Å²) >= 11 is 0. The minimum Gasteiger partial charge on any atom is -0.391 e. The number of hydrogen-bond acceptors (Lipinski definition) is 4. The SMILES string of the molecule is CCCCc1nn(C)c(OC(=O)N(C)C)c1Cc1ccc(-c2ccccc2C#N)cc1. The van der Waals surface area contributed by atoms with Gasteiger partial charge in [-0.2, -0.15) is 10.4 Å². The van der Waals surface area contributed by atoms with Crippen LogP contribution in [0.1, 0.15) is 42.1 Å². The number of hydrogen-bond donors (Lipinski definition) is 0. The molecule has 0 bridgehead atoms. The van der Waals surface area contributed by atoms with E-state index in [0.29, 0.717) is 17.9 Å². The van der Waals surface area contributed by atoms with Crippen LogP contribution in [-0.4, -0.2) is 34.9 Å². The topological polar surface area (TPSA) is 71.2 Å². The van der Waals surface area contributed by atoms with Crippen LogP contribution in [0.25, 0.3) is 11.1 Å². The Balaban J connectivity index is 1.91. The van der Waals surface area contributed by atoms with Crippen molar-refractivity contribution in [2.45, 2.75) is 32.6 Å². The fraction of sp³-hybridized carbons (Fsp3) is 0.320. The van der Waals surface area contributed by atoms with Gasteiger partial charge in [-0.1, -0.05) is 55.8 Å². The van der Waals surface area contributed by atoms with Crippen LogP contribution >= 0.6 is 0 Å². The van der Waals surface area contributed by atoms with Gasteiger partial charge in [0.25, 0.3) is 0 Å². The molecule has 2 aromatic carbocycles. The molecule has 31 heavy (non-hydrogen) atoms. The zero-order valence-electron chi connectivity index (χ0n) is 18.6. The Morgan fingerprint density at radius 1 is 1.16 bits per heavy atom. The first-order chi connectivity index (χ1) is 14.9. The van der Waals surface area contributed by atoms with E-state index in [0.717, 1.165) is 47.2 Å². The zero-order valence-corrected chi connectivity index (χ0v) is 18.6. The highest BCUT2D eigenvalue weighted by atomic mass is 16.6. The molecule has 0 spiro atoms. The number of benzene rings is 2. The first-order valence-corrected chi connectivity index (χ1v) is 10.5. The summed E-state index contributed by atoms with van der Waals surface area (Å²) < 4.78 is 7.30. The van der Waals surface area contributed by atoms with E-state index in [9.17, 15) is 10.1 Å². The zero-order chi connectivity index (χ0) is 22.4. The molecule has 1 heterocycles. The standard InChI is InChI=1S/C25H28N4O2/c1-5-6-11-23-22(24(29(4)27-23)31-25(30)28(2)3)16-18-12-14-19(15-13-18)21-10-8-7-9-20(21)17-26/h7-10,12-15H,5-6,11,16H2,1-4H3. The van der Waals surface area contributed by atoms with Crippen LogP contribution in [-0.2, 0) is 19.9 Å². The van der Waals surface area contributed by atoms with Gasteiger partial charge in [0.05, 0.1) is 17.3 Å². The van der Waals surface area contributed by atoms with Crippen LogP contribution in [0.15, 0.2) is 48.5 Å². The van der Waals surface area contributed by atoms with Crippen molar-refractivity contribution in [2.24, 2.45) is 7.05 Å². The molecule has 160 valence electrons. The molecule has 0 fully saturated rings. The summed E-state index contributed by atoms with van der Waals surface area (Å²) in [5.41, 5.74) is 5.56. The minimum atomic E-state index is -0.422. The number of nitriles is 1. The molecular weight excluding hydrogens is 388 g/mol. The Morgan fingerprint density at radius 3 is 2.52 bits per heavy atom. The van der Waals surface area contributed by atoms with E-state index in [1.54, 1.807) is 25.8 Å². The largest absolute Gasteiger partial charge is 0.416 e. The number of unbranched alkanes of at least 4 members (excludes halogenated alkanes) is 1. The van der Waals surface area contributed by atoms with E-state index in [1.165, 1.54) is 4.90 Å². The quantitative estimate of drug-likeness (QED) is 0.546. The number of aromatic nitrogens is 2. The van der Waals surface area contributed by atoms with Crippen molar-refractivity contribution in [1.29, 1.82) is 5.26 Å². The molecular formula is C25H28N4O2. The van der Waals surface area contributed by atoms with E-state index in [4.69, 9.17) is 4.74 Å². The Morgan fingerprint density at radius 2 is 1.87 bits per heavy atom. The molecule has 0 atom stereocenters. The Bertz CT molecular complexity index is 1090. The number of ether oxygens (including phenoxy) is 1. The number of aryl methyl sites for hydroxylation is 2. The molecule has 0 N–H and O–H groups in total. The van der Waals surface area contributed by atoms with Crippen molar-refractivity contribution in [2.75, 3.05) is 14.1 Å². The Labute approximate surface area is 183 Å². The maximum absolute atomic E-state index is 12.2. The van der Waals surface area contributed by atoms with Crippen LogP contribution in [0.5, 0.6) is 5.88 Å². The second-order valence-electron chi connectivity index (χ2n) is 7.75. The molecule has 0 aliphatic carbocycles. The van der Waals surface area contributed by atoms with Gasteiger partial charge in [0, 0.05) is 33.1 Å². The van der Waals surface area contributed by atoms with Gasteiger partial charge in [-0.05, 0) is 35.6 Å². The molecule has 0 aliphatic rings. The van der Waals surface area contributed by atoms with E-state index in [-0.39, 0.29) is 0 Å². The van der Waals surface area contributed by atoms with E-state index >= 15 is 0 Å². The second-order valence-corrected chi connectivity index (χ2v) is 7.75. The van der Waals surface area contributed by atoms with Gasteiger partial charge in [0.15, 0.2) is 0 Å². The number of carbonyl (C=O) groups is 1. The molecule has 3 rings (SSSR count). The fourth-order valence-electron chi connectivity index (χ4n) is 3.47. The Kier molecular flexibility index (Phi) is 7.09. The van der Waals surface area contributed by atoms with Gasteiger partial charge in [-0.3, -0.25) is 0 Å². The highest BCUT2D eigenvalue weighted by molar-refractivity contribution is 5.71. The lowest BCUT2D eigenvalue weighted by Gasteiger charge is -2.13. The summed E-state index contributed by atoms with van der Waals surface area (Å²) in [6.45, 7) is 2.15. The van der Waals surface area contributed by atoms with Crippen molar-refractivity contribution in [3.05, 3.63) is 70.9 Å². The molecule has 6 heteroatoms. The monoisotopic (exact) mass is 416 g/mol. The predicted molar refractivity (Wildman–Crippen MR) is 121 cm³/mol. The number of nitrogens with zero attached hydrogens (tertiary/aromatic N) is 4. The number of amides is 1. The average molecular weight is 417 g/mol. The highest BCUT2D eigenvalue weighted by Gasteiger charge is 2.21. The summed E-state index contributed by atoms with van der Waals surface area (Å²) in [7, 11) is 5.13. The van der Waals surface area contributed by atoms with Crippen LogP contribution in [0, 0.1) is 11.3 Å². The van der Waals surface area contributed by atoms with Crippen LogP contribution in [0.3, 0.4) is 0 Å². The molecule has 3 aromatic rings. The maximum Gasteiger partial charge on any atom is 0.416 e. The smallest absolute Gasteiger partial charge is 0.391 e. The van der Waals surface area contributed by atoms with Crippen molar-refractivity contribution in [3.63, 3.8) is 0 Å². The Hall–Kier alpha value is -3.59. The average Bonchev–Trinajstić information content (AvgIpc) is 3.06. The van der Waals surface area contributed by atoms with Gasteiger partial charge >= 0.3 is 6.09 Å². The van der Waals surface area contributed by atoms with Gasteiger partial charge in [-0.15, -0.1) is 0 Å². The molecule has 0 saturated heterocycles. The molecule has 1 aromatic heterocycles. The lowest BCUT2D eigenvalue weighted by Crippen LogP contribution is -2.26. The molecule has 0 radical (unpaired) electrons. The lowest BCUT2D eigenvalue weighted by atomic mass is 9.97. The lowest BCUT2D eigenvalue weighted by molar-refractivity contribution is 0.167. The third kappa shape index (κ3) is 5.13. The predicted octanol–water partition coefficient (Wildman–Crippen LogP) is 4.95. The second kappa shape index (κ2) is 9.94. The van der Waals surface area contributed by atoms with Crippen molar-refractivity contribution >= 4 is 6.09 Å². The highest BCUT2D eigenvalue weighted by Crippen LogP contribution is 2.29. The van der Waals surface area contributed by atoms with E-state index < -0.39 is 6.09 Å². The third-order valence-electron chi connectivity index (χ3n) is 5.18. The summed E-state index contributed by atoms with van der Waals surface area (Å²) in [6, 6.07) is 18.0. The van der Waals surface area contributed by atoms with Crippen LogP contribution in [0.4, 0.5) is 4.79 Å². The number of carbonyl (C=O) groups excluding carboxylic acids is 1. The van der Waals surface area contributed by atoms with E-state index in [1.807, 2.05) is 36.4 Å². The van der Waals surface area contributed by atoms with Gasteiger partial charge in [0.2, 0.25) is 5.88 Å². The third-order valence-corrected chi connectivity index (χ3v) is 5.18. The molecule has 0 unspecified atom stereocenters. The van der Waals surface area contributed by atoms with Gasteiger partial charge in [0.1, 0.15) is 0 Å². The summed E-state index contributed by atoms with van der Waals surface area (Å²) in [6.07, 6.45) is 3.12. The van der Waals surface area contributed by atoms with E-state index in [2.05, 4.69) is 30.2 Å². The molecule has 0 aliphatic heterocycles. The molecule has 0 saturated carbocycles. The van der Waals surface area contributed by atoms with Crippen LogP contribution in [0.2, 0.25) is 0 Å². The van der Waals surface area contributed by atoms with Crippen molar-refractivity contribution in [3.8, 4) is 23.1 Å². The van der Waals surface area contributed by atoms with Crippen LogP contribution < -0.4 is 4.74 Å². The summed E-state index contributed by atoms with van der Waals surface area (Å²) in [5, 5.41) is 14.0. The normalized spacial score (nSPS) is 10.5. The summed E-state index contributed by atoms with van der Waals surface area (Å²) in [5.74, 6) is 0.490. The maximum atomic E-state index is 12.2. The molecule has 1 amide bonds. The summed E-state index contributed by atoms with van der Waals surface area (Å²) in [4.78, 5) is 13.6. The van der Waals surface area contributed by atoms with Gasteiger partial charge in [-0.25, -0.2) is 9.48 Å². The first kappa shape index (κ1) is 22.1. The molecule has 6 nitrogen and oxygen atoms in total. The van der Waals surface area contributed by atoms with Crippen molar-refractivity contribution < 1.29 is 9.53 Å². The first-order valence-electron chi connectivity index (χ1n) is 10.5. The number of rotatable bonds is 7.